The molecule has 8 heteroatoms. The fourth-order valence-electron chi connectivity index (χ4n) is 1.48. The van der Waals surface area contributed by atoms with Crippen LogP contribution in [0.4, 0.5) is 0 Å². The second-order valence-corrected chi connectivity index (χ2v) is 5.65. The molecule has 0 aliphatic carbocycles. The van der Waals surface area contributed by atoms with Crippen molar-refractivity contribution in [3.63, 3.8) is 0 Å². The highest BCUT2D eigenvalue weighted by Crippen LogP contribution is 2.48. The van der Waals surface area contributed by atoms with E-state index < -0.39 is 9.05 Å². The van der Waals surface area contributed by atoms with Crippen LogP contribution < -0.4 is 18.9 Å². The molecule has 18 heavy (non-hydrogen) atoms. The smallest absolute Gasteiger partial charge is 0.265 e. The lowest BCUT2D eigenvalue weighted by molar-refractivity contribution is 0.300. The van der Waals surface area contributed by atoms with Crippen LogP contribution in [0.25, 0.3) is 0 Å². The predicted octanol–water partition coefficient (Wildman–Crippen LogP) is 1.65. The zero-order valence-corrected chi connectivity index (χ0v) is 11.9. The van der Waals surface area contributed by atoms with Crippen molar-refractivity contribution < 1.29 is 27.4 Å². The molecule has 0 atom stereocenters. The zero-order valence-electron chi connectivity index (χ0n) is 10.3. The van der Waals surface area contributed by atoms with E-state index in [-0.39, 0.29) is 27.9 Å². The Bertz CT molecular complexity index is 540. The molecule has 0 heterocycles. The van der Waals surface area contributed by atoms with Gasteiger partial charge in [0.15, 0.2) is 11.5 Å². The molecule has 0 fully saturated rings. The molecule has 1 rings (SSSR count). The van der Waals surface area contributed by atoms with Crippen LogP contribution in [-0.4, -0.2) is 36.9 Å². The molecule has 0 amide bonds. The van der Waals surface area contributed by atoms with Crippen LogP contribution in [0.15, 0.2) is 11.0 Å². The number of hydrogen-bond acceptors (Lipinski definition) is 6. The fourth-order valence-corrected chi connectivity index (χ4v) is 2.47. The number of rotatable bonds is 5. The van der Waals surface area contributed by atoms with Crippen molar-refractivity contribution in [1.82, 2.24) is 0 Å². The van der Waals surface area contributed by atoms with E-state index in [2.05, 4.69) is 0 Å². The Morgan fingerprint density at radius 2 is 1.39 bits per heavy atom. The summed E-state index contributed by atoms with van der Waals surface area (Å²) in [5, 5.41) is 0. The van der Waals surface area contributed by atoms with E-state index in [1.54, 1.807) is 0 Å². The molecule has 6 nitrogen and oxygen atoms in total. The lowest BCUT2D eigenvalue weighted by Crippen LogP contribution is -2.03. The van der Waals surface area contributed by atoms with E-state index in [0.29, 0.717) is 0 Å². The quantitative estimate of drug-likeness (QED) is 0.769. The third kappa shape index (κ3) is 2.56. The van der Waals surface area contributed by atoms with Gasteiger partial charge in [0.05, 0.1) is 28.4 Å². The van der Waals surface area contributed by atoms with Gasteiger partial charge < -0.3 is 18.9 Å². The first-order valence-corrected chi connectivity index (χ1v) is 7.03. The topological polar surface area (TPSA) is 71.1 Å². The van der Waals surface area contributed by atoms with Crippen LogP contribution >= 0.6 is 10.7 Å². The van der Waals surface area contributed by atoms with Gasteiger partial charge in [0.1, 0.15) is 4.90 Å². The summed E-state index contributed by atoms with van der Waals surface area (Å²) in [7, 11) is 6.75. The predicted molar refractivity (Wildman–Crippen MR) is 65.7 cm³/mol. The summed E-state index contributed by atoms with van der Waals surface area (Å²) in [6.07, 6.45) is 0. The number of hydrogen-bond donors (Lipinski definition) is 0. The van der Waals surface area contributed by atoms with Crippen molar-refractivity contribution in [3.8, 4) is 23.0 Å². The van der Waals surface area contributed by atoms with Gasteiger partial charge in [-0.15, -0.1) is 0 Å². The fraction of sp³-hybridized carbons (Fsp3) is 0.400. The molecular weight excluding hydrogens is 284 g/mol. The summed E-state index contributed by atoms with van der Waals surface area (Å²) >= 11 is 0. The molecule has 0 radical (unpaired) electrons. The largest absolute Gasteiger partial charge is 0.493 e. The number of halogens is 1. The molecular formula is C10H13ClO6S. The lowest BCUT2D eigenvalue weighted by Gasteiger charge is -2.17. The van der Waals surface area contributed by atoms with Crippen molar-refractivity contribution >= 4 is 19.7 Å². The van der Waals surface area contributed by atoms with Gasteiger partial charge in [-0.3, -0.25) is 0 Å². The molecule has 0 N–H and O–H groups in total. The van der Waals surface area contributed by atoms with Crippen molar-refractivity contribution in [2.75, 3.05) is 28.4 Å². The van der Waals surface area contributed by atoms with Gasteiger partial charge in [-0.2, -0.15) is 0 Å². The van der Waals surface area contributed by atoms with Gasteiger partial charge in [-0.05, 0) is 0 Å². The Morgan fingerprint density at radius 1 is 0.889 bits per heavy atom. The Labute approximate surface area is 110 Å². The first kappa shape index (κ1) is 14.7. The van der Waals surface area contributed by atoms with E-state index in [1.807, 2.05) is 0 Å². The highest BCUT2D eigenvalue weighted by atomic mass is 35.7. The molecule has 0 saturated heterocycles. The minimum Gasteiger partial charge on any atom is -0.493 e. The van der Waals surface area contributed by atoms with Crippen LogP contribution in [0, 0.1) is 0 Å². The first-order chi connectivity index (χ1) is 8.40. The maximum Gasteiger partial charge on any atom is 0.265 e. The maximum absolute atomic E-state index is 11.5. The molecule has 0 aromatic heterocycles. The van der Waals surface area contributed by atoms with Gasteiger partial charge in [-0.25, -0.2) is 8.42 Å². The normalized spacial score (nSPS) is 10.9. The van der Waals surface area contributed by atoms with Crippen LogP contribution in [0.5, 0.6) is 23.0 Å². The van der Waals surface area contributed by atoms with Crippen LogP contribution in [0.2, 0.25) is 0 Å². The van der Waals surface area contributed by atoms with E-state index >= 15 is 0 Å². The first-order valence-electron chi connectivity index (χ1n) is 4.72. The third-order valence-corrected chi connectivity index (χ3v) is 3.54. The molecule has 102 valence electrons. The van der Waals surface area contributed by atoms with Crippen molar-refractivity contribution in [2.45, 2.75) is 4.90 Å². The minimum absolute atomic E-state index is 0.0369. The SMILES string of the molecule is COc1cc(S(=O)(=O)Cl)c(OC)c(OC)c1OC. The van der Waals surface area contributed by atoms with Gasteiger partial charge in [0.25, 0.3) is 9.05 Å². The van der Waals surface area contributed by atoms with E-state index in [0.717, 1.165) is 0 Å². The van der Waals surface area contributed by atoms with E-state index in [4.69, 9.17) is 29.6 Å². The van der Waals surface area contributed by atoms with Gasteiger partial charge >= 0.3 is 0 Å². The second kappa shape index (κ2) is 5.53. The highest BCUT2D eigenvalue weighted by Gasteiger charge is 2.27. The summed E-state index contributed by atoms with van der Waals surface area (Å²) in [4.78, 5) is -0.249. The Hall–Kier alpha value is -1.34. The van der Waals surface area contributed by atoms with Gasteiger partial charge in [0, 0.05) is 16.7 Å². The molecule has 0 bridgehead atoms. The molecule has 0 saturated carbocycles. The molecule has 0 unspecified atom stereocenters. The number of ether oxygens (including phenoxy) is 4. The summed E-state index contributed by atoms with van der Waals surface area (Å²) in [5.74, 6) is 0.457. The van der Waals surface area contributed by atoms with Crippen molar-refractivity contribution in [1.29, 1.82) is 0 Å². The van der Waals surface area contributed by atoms with Crippen molar-refractivity contribution in [3.05, 3.63) is 6.07 Å². The minimum atomic E-state index is -4.00. The number of benzene rings is 1. The Kier molecular flexibility index (Phi) is 4.53. The summed E-state index contributed by atoms with van der Waals surface area (Å²) in [6, 6.07) is 1.21. The molecule has 0 spiro atoms. The van der Waals surface area contributed by atoms with E-state index in [9.17, 15) is 8.42 Å². The van der Waals surface area contributed by atoms with Crippen LogP contribution in [-0.2, 0) is 9.05 Å². The summed E-state index contributed by atoms with van der Waals surface area (Å²) < 4.78 is 43.2. The maximum atomic E-state index is 11.5. The second-order valence-electron chi connectivity index (χ2n) is 3.11. The lowest BCUT2D eigenvalue weighted by atomic mass is 10.2. The molecule has 0 aliphatic heterocycles. The Balaban J connectivity index is 3.75. The highest BCUT2D eigenvalue weighted by molar-refractivity contribution is 8.13. The van der Waals surface area contributed by atoms with Crippen LogP contribution in [0.3, 0.4) is 0 Å². The molecule has 1 aromatic carbocycles. The van der Waals surface area contributed by atoms with Crippen LogP contribution in [0.1, 0.15) is 0 Å². The molecule has 0 aliphatic rings. The average Bonchev–Trinajstić information content (AvgIpc) is 2.34. The molecule has 1 aromatic rings. The van der Waals surface area contributed by atoms with E-state index in [1.165, 1.54) is 34.5 Å². The third-order valence-electron chi connectivity index (χ3n) is 2.22. The average molecular weight is 297 g/mol. The van der Waals surface area contributed by atoms with Gasteiger partial charge in [-0.1, -0.05) is 0 Å². The number of methoxy groups -OCH3 is 4. The summed E-state index contributed by atoms with van der Waals surface area (Å²) in [6.45, 7) is 0. The monoisotopic (exact) mass is 296 g/mol. The zero-order chi connectivity index (χ0) is 13.9. The van der Waals surface area contributed by atoms with Crippen molar-refractivity contribution in [2.24, 2.45) is 0 Å². The van der Waals surface area contributed by atoms with Gasteiger partial charge in [0.2, 0.25) is 11.5 Å². The Morgan fingerprint density at radius 3 is 1.72 bits per heavy atom. The standard InChI is InChI=1S/C10H13ClO6S/c1-14-6-5-7(18(11,12)13)9(16-3)10(17-4)8(6)15-2/h5H,1-4H3. The summed E-state index contributed by atoms with van der Waals surface area (Å²) in [5.41, 5.74) is 0.